The van der Waals surface area contributed by atoms with Gasteiger partial charge in [-0.15, -0.1) is 0 Å². The maximum absolute atomic E-state index is 7.00. The van der Waals surface area contributed by atoms with Gasteiger partial charge in [-0.1, -0.05) is 164 Å². The molecule has 0 aliphatic carbocycles. The Kier molecular flexibility index (Phi) is 6.28. The van der Waals surface area contributed by atoms with Crippen molar-refractivity contribution >= 4 is 65.2 Å². The highest BCUT2D eigenvalue weighted by molar-refractivity contribution is 6.29. The monoisotopic (exact) mass is 662 g/mol. The minimum Gasteiger partial charge on any atom is -0.456 e. The molecule has 2 nitrogen and oxygen atoms in total. The molecule has 2 aromatic heterocycles. The summed E-state index contributed by atoms with van der Waals surface area (Å²) in [7, 11) is 0. The summed E-state index contributed by atoms with van der Waals surface area (Å²) in [5, 5.41) is 10.6. The summed E-state index contributed by atoms with van der Waals surface area (Å²) in [6.45, 7) is 0. The molecule has 0 fully saturated rings. The Labute approximate surface area is 299 Å². The van der Waals surface area contributed by atoms with Crippen molar-refractivity contribution in [2.75, 3.05) is 0 Å². The number of para-hydroxylation sites is 1. The van der Waals surface area contributed by atoms with E-state index in [2.05, 4.69) is 176 Å². The van der Waals surface area contributed by atoms with Gasteiger partial charge in [-0.05, 0) is 78.3 Å². The van der Waals surface area contributed by atoms with E-state index in [9.17, 15) is 0 Å². The molecule has 11 rings (SSSR count). The first-order valence-electron chi connectivity index (χ1n) is 17.8. The number of fused-ring (bicyclic) bond motifs is 8. The molecule has 0 aliphatic rings. The van der Waals surface area contributed by atoms with Gasteiger partial charge in [0.25, 0.3) is 0 Å². The Morgan fingerprint density at radius 1 is 0.269 bits per heavy atom. The van der Waals surface area contributed by atoms with E-state index in [1.54, 1.807) is 0 Å². The molecule has 0 spiro atoms. The average molecular weight is 663 g/mol. The minimum absolute atomic E-state index is 0.873. The molecule has 2 heterocycles. The van der Waals surface area contributed by atoms with E-state index in [1.807, 2.05) is 6.07 Å². The third kappa shape index (κ3) is 4.19. The molecule has 0 atom stereocenters. The van der Waals surface area contributed by atoms with Crippen LogP contribution in [0.2, 0.25) is 0 Å². The zero-order chi connectivity index (χ0) is 34.2. The van der Waals surface area contributed by atoms with Crippen LogP contribution in [0.4, 0.5) is 0 Å². The van der Waals surface area contributed by atoms with Gasteiger partial charge in [-0.3, -0.25) is 0 Å². The van der Waals surface area contributed by atoms with E-state index in [1.165, 1.54) is 49.0 Å². The molecule has 2 heteroatoms. The maximum Gasteiger partial charge on any atom is 0.143 e. The fourth-order valence-corrected chi connectivity index (χ4v) is 8.53. The number of hydrogen-bond donors (Lipinski definition) is 0. The number of hydrogen-bond acceptors (Lipinski definition) is 2. The quantitative estimate of drug-likeness (QED) is 0.175. The van der Waals surface area contributed by atoms with Gasteiger partial charge >= 0.3 is 0 Å². The van der Waals surface area contributed by atoms with Gasteiger partial charge in [0.2, 0.25) is 0 Å². The first-order valence-corrected chi connectivity index (χ1v) is 17.8. The molecular formula is C50H30O2. The number of benzene rings is 9. The summed E-state index contributed by atoms with van der Waals surface area (Å²) >= 11 is 0. The highest BCUT2D eigenvalue weighted by atomic mass is 16.3. The van der Waals surface area contributed by atoms with Gasteiger partial charge in [0.1, 0.15) is 22.5 Å². The van der Waals surface area contributed by atoms with Crippen LogP contribution in [-0.2, 0) is 0 Å². The predicted octanol–water partition coefficient (Wildman–Crippen LogP) is 14.5. The Balaban J connectivity index is 1.28. The lowest BCUT2D eigenvalue weighted by Gasteiger charge is -2.19. The Morgan fingerprint density at radius 3 is 1.42 bits per heavy atom. The van der Waals surface area contributed by atoms with Crippen LogP contribution in [0.3, 0.4) is 0 Å². The topological polar surface area (TPSA) is 26.3 Å². The SMILES string of the molecule is c1ccc(-c2oc3cc(-c4c5ccccc5c(-c5cccc6oc7ccccc7c56)c5ccccc45)c4ccccc4c3c2-c2ccccc2)cc1. The zero-order valence-electron chi connectivity index (χ0n) is 28.1. The van der Waals surface area contributed by atoms with Crippen molar-refractivity contribution in [1.29, 1.82) is 0 Å². The third-order valence-electron chi connectivity index (χ3n) is 10.7. The summed E-state index contributed by atoms with van der Waals surface area (Å²) in [4.78, 5) is 0. The summed E-state index contributed by atoms with van der Waals surface area (Å²) in [5.41, 5.74) is 10.7. The molecule has 0 radical (unpaired) electrons. The van der Waals surface area contributed by atoms with Crippen molar-refractivity contribution in [2.45, 2.75) is 0 Å². The standard InChI is InChI=1S/C50H30O2/c1-3-16-31(17-4-1)45-49-34-21-8-7-20-33(34)41(30-44(49)52-50(45)32-18-5-2-6-19-32)47-37-24-11-9-22-35(37)46(36-23-10-12-25-38(36)47)40-27-15-29-43-48(40)39-26-13-14-28-42(39)51-43/h1-30H. The van der Waals surface area contributed by atoms with Crippen LogP contribution < -0.4 is 0 Å². The van der Waals surface area contributed by atoms with Crippen LogP contribution in [0.25, 0.3) is 110 Å². The molecule has 0 bridgehead atoms. The van der Waals surface area contributed by atoms with Crippen LogP contribution in [0.15, 0.2) is 191 Å². The van der Waals surface area contributed by atoms with Crippen LogP contribution in [0, 0.1) is 0 Å². The lowest BCUT2D eigenvalue weighted by Crippen LogP contribution is -1.92. The highest BCUT2D eigenvalue weighted by Gasteiger charge is 2.25. The molecule has 52 heavy (non-hydrogen) atoms. The molecule has 11 aromatic rings. The largest absolute Gasteiger partial charge is 0.456 e. The lowest BCUT2D eigenvalue weighted by molar-refractivity contribution is 0.633. The normalized spacial score (nSPS) is 11.8. The minimum atomic E-state index is 0.873. The second-order valence-corrected chi connectivity index (χ2v) is 13.5. The van der Waals surface area contributed by atoms with Crippen LogP contribution >= 0.6 is 0 Å². The molecular weight excluding hydrogens is 633 g/mol. The van der Waals surface area contributed by atoms with Crippen molar-refractivity contribution in [2.24, 2.45) is 0 Å². The van der Waals surface area contributed by atoms with Crippen LogP contribution in [-0.4, -0.2) is 0 Å². The van der Waals surface area contributed by atoms with Crippen molar-refractivity contribution < 1.29 is 8.83 Å². The smallest absolute Gasteiger partial charge is 0.143 e. The van der Waals surface area contributed by atoms with Gasteiger partial charge in [-0.25, -0.2) is 0 Å². The number of furan rings is 2. The van der Waals surface area contributed by atoms with Crippen molar-refractivity contribution in [3.05, 3.63) is 182 Å². The van der Waals surface area contributed by atoms with Crippen molar-refractivity contribution in [3.63, 3.8) is 0 Å². The molecule has 0 saturated heterocycles. The first-order chi connectivity index (χ1) is 25.8. The fourth-order valence-electron chi connectivity index (χ4n) is 8.53. The summed E-state index contributed by atoms with van der Waals surface area (Å²) in [6.07, 6.45) is 0. The van der Waals surface area contributed by atoms with E-state index < -0.39 is 0 Å². The van der Waals surface area contributed by atoms with Crippen molar-refractivity contribution in [1.82, 2.24) is 0 Å². The van der Waals surface area contributed by atoms with Crippen LogP contribution in [0.5, 0.6) is 0 Å². The van der Waals surface area contributed by atoms with Gasteiger partial charge in [-0.2, -0.15) is 0 Å². The average Bonchev–Trinajstić information content (AvgIpc) is 3.80. The Hall–Kier alpha value is -6.90. The Morgan fingerprint density at radius 2 is 0.769 bits per heavy atom. The summed E-state index contributed by atoms with van der Waals surface area (Å²) < 4.78 is 13.4. The van der Waals surface area contributed by atoms with E-state index in [4.69, 9.17) is 8.83 Å². The molecule has 9 aromatic carbocycles. The predicted molar refractivity (Wildman–Crippen MR) is 218 cm³/mol. The molecule has 0 unspecified atom stereocenters. The van der Waals surface area contributed by atoms with E-state index >= 15 is 0 Å². The van der Waals surface area contributed by atoms with Gasteiger partial charge in [0.05, 0.1) is 0 Å². The lowest BCUT2D eigenvalue weighted by atomic mass is 9.83. The van der Waals surface area contributed by atoms with E-state index in [0.29, 0.717) is 0 Å². The molecule has 0 amide bonds. The van der Waals surface area contributed by atoms with E-state index in [-0.39, 0.29) is 0 Å². The highest BCUT2D eigenvalue weighted by Crippen LogP contribution is 2.51. The second-order valence-electron chi connectivity index (χ2n) is 13.5. The second kappa shape index (κ2) is 11.3. The third-order valence-corrected chi connectivity index (χ3v) is 10.7. The van der Waals surface area contributed by atoms with Crippen LogP contribution in [0.1, 0.15) is 0 Å². The van der Waals surface area contributed by atoms with E-state index in [0.717, 1.165) is 60.9 Å². The zero-order valence-corrected chi connectivity index (χ0v) is 28.1. The fraction of sp³-hybridized carbons (Fsp3) is 0. The first kappa shape index (κ1) is 28.9. The summed E-state index contributed by atoms with van der Waals surface area (Å²) in [5.74, 6) is 0.884. The molecule has 0 N–H and O–H groups in total. The molecule has 0 aliphatic heterocycles. The van der Waals surface area contributed by atoms with Gasteiger partial charge in [0, 0.05) is 27.3 Å². The van der Waals surface area contributed by atoms with Gasteiger partial charge in [0.15, 0.2) is 0 Å². The Bertz CT molecular complexity index is 3110. The van der Waals surface area contributed by atoms with Crippen molar-refractivity contribution in [3.8, 4) is 44.7 Å². The summed E-state index contributed by atoms with van der Waals surface area (Å²) in [6, 6.07) is 64.8. The molecule has 0 saturated carbocycles. The maximum atomic E-state index is 7.00. The van der Waals surface area contributed by atoms with Gasteiger partial charge < -0.3 is 8.83 Å². The molecule has 242 valence electrons. The number of rotatable bonds is 4.